The Morgan fingerprint density at radius 3 is 2.08 bits per heavy atom. The summed E-state index contributed by atoms with van der Waals surface area (Å²) in [7, 11) is -2.70. The molecule has 2 bridgehead atoms. The van der Waals surface area contributed by atoms with Crippen molar-refractivity contribution in [2.24, 2.45) is 23.7 Å². The SMILES string of the molecule is CCO[Si](CCCNC(=O)C1C2C=CC(C2)C1C(=O)O)(OCC)OCC. The van der Waals surface area contributed by atoms with Crippen LogP contribution in [0.5, 0.6) is 0 Å². The summed E-state index contributed by atoms with van der Waals surface area (Å²) in [5.41, 5.74) is 0. The maximum Gasteiger partial charge on any atom is 0.500 e. The summed E-state index contributed by atoms with van der Waals surface area (Å²) in [5, 5.41) is 12.4. The lowest BCUT2D eigenvalue weighted by atomic mass is 9.82. The fraction of sp³-hybridized carbons (Fsp3) is 0.778. The molecule has 0 aliphatic heterocycles. The minimum Gasteiger partial charge on any atom is -0.481 e. The number of amides is 1. The first-order chi connectivity index (χ1) is 12.5. The number of allylic oxidation sites excluding steroid dienone is 2. The molecule has 0 saturated heterocycles. The Hall–Kier alpha value is -1.22. The molecule has 4 atom stereocenters. The number of carbonyl (C=O) groups excluding carboxylic acids is 1. The van der Waals surface area contributed by atoms with E-state index < -0.39 is 26.6 Å². The first kappa shape index (κ1) is 21.1. The third-order valence-corrected chi connectivity index (χ3v) is 8.25. The van der Waals surface area contributed by atoms with Crippen LogP contribution in [0.25, 0.3) is 0 Å². The number of hydrogen-bond donors (Lipinski definition) is 2. The maximum atomic E-state index is 12.6. The van der Waals surface area contributed by atoms with Crippen LogP contribution in [0, 0.1) is 23.7 Å². The highest BCUT2D eigenvalue weighted by atomic mass is 28.4. The molecule has 148 valence electrons. The number of aliphatic carboxylic acids is 1. The second kappa shape index (κ2) is 9.64. The zero-order chi connectivity index (χ0) is 19.2. The van der Waals surface area contributed by atoms with Crippen LogP contribution < -0.4 is 5.32 Å². The lowest BCUT2D eigenvalue weighted by Crippen LogP contribution is -2.46. The molecule has 0 spiro atoms. The fourth-order valence-electron chi connectivity index (χ4n) is 4.15. The Morgan fingerprint density at radius 1 is 1.04 bits per heavy atom. The van der Waals surface area contributed by atoms with Crippen LogP contribution in [0.15, 0.2) is 12.2 Å². The highest BCUT2D eigenvalue weighted by Crippen LogP contribution is 2.48. The summed E-state index contributed by atoms with van der Waals surface area (Å²) in [4.78, 5) is 24.1. The summed E-state index contributed by atoms with van der Waals surface area (Å²) in [6, 6.07) is 0.627. The van der Waals surface area contributed by atoms with Crippen LogP contribution >= 0.6 is 0 Å². The molecule has 7 nitrogen and oxygen atoms in total. The van der Waals surface area contributed by atoms with Gasteiger partial charge in [0.2, 0.25) is 5.91 Å². The molecule has 0 aromatic carbocycles. The van der Waals surface area contributed by atoms with Crippen molar-refractivity contribution in [1.82, 2.24) is 5.32 Å². The van der Waals surface area contributed by atoms with Gasteiger partial charge in [0, 0.05) is 32.4 Å². The van der Waals surface area contributed by atoms with E-state index in [1.807, 2.05) is 32.9 Å². The Kier molecular flexibility index (Phi) is 7.81. The van der Waals surface area contributed by atoms with Crippen molar-refractivity contribution in [3.63, 3.8) is 0 Å². The summed E-state index contributed by atoms with van der Waals surface area (Å²) < 4.78 is 17.4. The van der Waals surface area contributed by atoms with Gasteiger partial charge >= 0.3 is 14.8 Å². The number of nitrogens with one attached hydrogen (secondary N) is 1. The number of fused-ring (bicyclic) bond motifs is 2. The first-order valence-electron chi connectivity index (χ1n) is 9.58. The molecule has 0 aromatic rings. The van der Waals surface area contributed by atoms with E-state index in [2.05, 4.69) is 5.32 Å². The molecule has 4 unspecified atom stereocenters. The second-order valence-corrected chi connectivity index (χ2v) is 9.45. The standard InChI is InChI=1S/C18H31NO6Si/c1-4-23-26(24-5-2,25-6-3)11-7-10-19-17(20)15-13-8-9-14(12-13)16(15)18(21)22/h8-9,13-16H,4-7,10-12H2,1-3H3,(H,19,20)(H,21,22). The number of carboxylic acids is 1. The van der Waals surface area contributed by atoms with Crippen molar-refractivity contribution < 1.29 is 28.0 Å². The summed E-state index contributed by atoms with van der Waals surface area (Å²) in [6.07, 6.45) is 5.38. The number of carbonyl (C=O) groups is 2. The fourth-order valence-corrected chi connectivity index (χ4v) is 6.76. The van der Waals surface area contributed by atoms with E-state index in [-0.39, 0.29) is 17.7 Å². The van der Waals surface area contributed by atoms with E-state index in [1.165, 1.54) is 0 Å². The molecule has 2 aliphatic rings. The van der Waals surface area contributed by atoms with Crippen molar-refractivity contribution in [3.8, 4) is 0 Å². The smallest absolute Gasteiger partial charge is 0.481 e. The molecular formula is C18H31NO6Si. The minimum absolute atomic E-state index is 0.0119. The van der Waals surface area contributed by atoms with Gasteiger partial charge in [0.25, 0.3) is 0 Å². The molecular weight excluding hydrogens is 354 g/mol. The lowest BCUT2D eigenvalue weighted by molar-refractivity contribution is -0.147. The summed E-state index contributed by atoms with van der Waals surface area (Å²) in [6.45, 7) is 7.77. The van der Waals surface area contributed by atoms with Gasteiger partial charge in [0.05, 0.1) is 11.8 Å². The molecule has 1 saturated carbocycles. The van der Waals surface area contributed by atoms with E-state index in [9.17, 15) is 14.7 Å². The van der Waals surface area contributed by atoms with E-state index >= 15 is 0 Å². The third-order valence-electron chi connectivity index (χ3n) is 5.10. The van der Waals surface area contributed by atoms with Crippen LogP contribution in [0.1, 0.15) is 33.6 Å². The minimum atomic E-state index is -2.70. The van der Waals surface area contributed by atoms with Gasteiger partial charge in [-0.2, -0.15) is 0 Å². The largest absolute Gasteiger partial charge is 0.500 e. The van der Waals surface area contributed by atoms with Gasteiger partial charge in [-0.25, -0.2) is 0 Å². The molecule has 8 heteroatoms. The molecule has 0 heterocycles. The normalized spacial score (nSPS) is 27.0. The topological polar surface area (TPSA) is 94.1 Å². The van der Waals surface area contributed by atoms with E-state index in [4.69, 9.17) is 13.3 Å². The third kappa shape index (κ3) is 4.73. The molecule has 0 radical (unpaired) electrons. The van der Waals surface area contributed by atoms with Gasteiger partial charge in [0.1, 0.15) is 0 Å². The van der Waals surface area contributed by atoms with Crippen LogP contribution in [0.2, 0.25) is 6.04 Å². The average Bonchev–Trinajstić information content (AvgIpc) is 3.20. The Balaban J connectivity index is 1.85. The summed E-state index contributed by atoms with van der Waals surface area (Å²) in [5.74, 6) is -2.07. The van der Waals surface area contributed by atoms with Gasteiger partial charge in [-0.3, -0.25) is 9.59 Å². The van der Waals surface area contributed by atoms with Crippen molar-refractivity contribution in [1.29, 1.82) is 0 Å². The van der Waals surface area contributed by atoms with Crippen molar-refractivity contribution in [3.05, 3.63) is 12.2 Å². The predicted octanol–water partition coefficient (Wildman–Crippen LogP) is 2.06. The van der Waals surface area contributed by atoms with Gasteiger partial charge in [-0.05, 0) is 45.4 Å². The number of carboxylic acid groups (broad SMARTS) is 1. The molecule has 26 heavy (non-hydrogen) atoms. The zero-order valence-corrected chi connectivity index (χ0v) is 16.9. The Morgan fingerprint density at radius 2 is 1.58 bits per heavy atom. The molecule has 2 rings (SSSR count). The highest BCUT2D eigenvalue weighted by Gasteiger charge is 2.51. The number of rotatable bonds is 12. The van der Waals surface area contributed by atoms with Gasteiger partial charge < -0.3 is 23.7 Å². The van der Waals surface area contributed by atoms with Crippen molar-refractivity contribution in [2.75, 3.05) is 26.4 Å². The predicted molar refractivity (Wildman–Crippen MR) is 98.4 cm³/mol. The highest BCUT2D eigenvalue weighted by molar-refractivity contribution is 6.60. The Labute approximate surface area is 156 Å². The quantitative estimate of drug-likeness (QED) is 0.303. The molecule has 2 N–H and O–H groups in total. The van der Waals surface area contributed by atoms with Crippen molar-refractivity contribution in [2.45, 2.75) is 39.7 Å². The van der Waals surface area contributed by atoms with E-state index in [0.717, 1.165) is 6.42 Å². The first-order valence-corrected chi connectivity index (χ1v) is 11.5. The average molecular weight is 386 g/mol. The monoisotopic (exact) mass is 385 g/mol. The van der Waals surface area contributed by atoms with Crippen LogP contribution in [-0.2, 0) is 22.9 Å². The van der Waals surface area contributed by atoms with E-state index in [0.29, 0.717) is 38.8 Å². The molecule has 0 aromatic heterocycles. The number of hydrogen-bond acceptors (Lipinski definition) is 5. The molecule has 2 aliphatic carbocycles. The Bertz CT molecular complexity index is 509. The van der Waals surface area contributed by atoms with Gasteiger partial charge in [0.15, 0.2) is 0 Å². The van der Waals surface area contributed by atoms with E-state index in [1.54, 1.807) is 0 Å². The zero-order valence-electron chi connectivity index (χ0n) is 15.9. The van der Waals surface area contributed by atoms with Crippen LogP contribution in [0.3, 0.4) is 0 Å². The summed E-state index contributed by atoms with van der Waals surface area (Å²) >= 11 is 0. The lowest BCUT2D eigenvalue weighted by Gasteiger charge is -2.28. The molecule has 1 fully saturated rings. The van der Waals surface area contributed by atoms with Gasteiger partial charge in [-0.15, -0.1) is 0 Å². The maximum absolute atomic E-state index is 12.6. The second-order valence-electron chi connectivity index (χ2n) is 6.71. The van der Waals surface area contributed by atoms with Crippen LogP contribution in [-0.4, -0.2) is 52.2 Å². The van der Waals surface area contributed by atoms with Gasteiger partial charge in [-0.1, -0.05) is 12.2 Å². The van der Waals surface area contributed by atoms with Crippen molar-refractivity contribution >= 4 is 20.7 Å². The molecule has 1 amide bonds. The van der Waals surface area contributed by atoms with Crippen LogP contribution in [0.4, 0.5) is 0 Å².